The van der Waals surface area contributed by atoms with Crippen molar-refractivity contribution in [1.82, 2.24) is 15.2 Å². The zero-order valence-electron chi connectivity index (χ0n) is 13.3. The molecule has 2 heterocycles. The monoisotopic (exact) mass is 313 g/mol. The first kappa shape index (κ1) is 15.8. The fourth-order valence-corrected chi connectivity index (χ4v) is 2.94. The normalized spacial score (nSPS) is 20.9. The molecule has 1 amide bonds. The van der Waals surface area contributed by atoms with Crippen LogP contribution in [0.1, 0.15) is 24.8 Å². The molecule has 1 aliphatic carbocycles. The number of rotatable bonds is 7. The average molecular weight is 313 g/mol. The van der Waals surface area contributed by atoms with Crippen LogP contribution in [0.3, 0.4) is 0 Å². The van der Waals surface area contributed by atoms with Crippen LogP contribution in [0, 0.1) is 23.2 Å². The standard InChI is InChI=1S/C17H23N5O/c18-8-15-2-1-6-19-17(15)21-10-14-5-7-22(11-14)12-16(23)20-9-13-3-4-13/h1-2,6,13-14H,3-5,7,9-12H2,(H,19,21)(H,20,23). The first-order chi connectivity index (χ1) is 11.2. The molecule has 0 bridgehead atoms. The fraction of sp³-hybridized carbons (Fsp3) is 0.588. The summed E-state index contributed by atoms with van der Waals surface area (Å²) in [5.74, 6) is 2.00. The Morgan fingerprint density at radius 2 is 2.22 bits per heavy atom. The number of nitrogens with zero attached hydrogens (tertiary/aromatic N) is 3. The van der Waals surface area contributed by atoms with Crippen molar-refractivity contribution < 1.29 is 4.79 Å². The Bertz CT molecular complexity index is 593. The zero-order chi connectivity index (χ0) is 16.1. The highest BCUT2D eigenvalue weighted by Crippen LogP contribution is 2.27. The fourth-order valence-electron chi connectivity index (χ4n) is 2.94. The van der Waals surface area contributed by atoms with Crippen molar-refractivity contribution in [3.05, 3.63) is 23.9 Å². The van der Waals surface area contributed by atoms with Crippen molar-refractivity contribution in [2.24, 2.45) is 11.8 Å². The molecule has 1 aromatic rings. The summed E-state index contributed by atoms with van der Waals surface area (Å²) in [6, 6.07) is 5.68. The lowest BCUT2D eigenvalue weighted by Gasteiger charge is -2.16. The summed E-state index contributed by atoms with van der Waals surface area (Å²) >= 11 is 0. The molecule has 0 radical (unpaired) electrons. The van der Waals surface area contributed by atoms with E-state index in [1.54, 1.807) is 18.3 Å². The Labute approximate surface area is 136 Å². The number of carbonyl (C=O) groups excluding carboxylic acids is 1. The van der Waals surface area contributed by atoms with Gasteiger partial charge in [0.05, 0.1) is 12.1 Å². The van der Waals surface area contributed by atoms with Crippen LogP contribution in [0.4, 0.5) is 5.82 Å². The van der Waals surface area contributed by atoms with E-state index in [1.807, 2.05) is 0 Å². The van der Waals surface area contributed by atoms with Crippen molar-refractivity contribution in [1.29, 1.82) is 5.26 Å². The topological polar surface area (TPSA) is 81.1 Å². The summed E-state index contributed by atoms with van der Waals surface area (Å²) in [6.07, 6.45) is 5.28. The summed E-state index contributed by atoms with van der Waals surface area (Å²) in [5.41, 5.74) is 0.571. The van der Waals surface area contributed by atoms with Crippen molar-refractivity contribution in [3.63, 3.8) is 0 Å². The maximum Gasteiger partial charge on any atom is 0.234 e. The minimum Gasteiger partial charge on any atom is -0.369 e. The van der Waals surface area contributed by atoms with Crippen LogP contribution in [0.15, 0.2) is 18.3 Å². The third-order valence-electron chi connectivity index (χ3n) is 4.51. The van der Waals surface area contributed by atoms with Crippen LogP contribution < -0.4 is 10.6 Å². The van der Waals surface area contributed by atoms with Crippen LogP contribution >= 0.6 is 0 Å². The summed E-state index contributed by atoms with van der Waals surface area (Å²) < 4.78 is 0. The predicted octanol–water partition coefficient (Wildman–Crippen LogP) is 1.21. The number of aromatic nitrogens is 1. The van der Waals surface area contributed by atoms with Crippen LogP contribution in [-0.4, -0.2) is 48.5 Å². The highest BCUT2D eigenvalue weighted by molar-refractivity contribution is 5.78. The van der Waals surface area contributed by atoms with Gasteiger partial charge in [-0.05, 0) is 49.8 Å². The lowest BCUT2D eigenvalue weighted by atomic mass is 10.1. The maximum absolute atomic E-state index is 11.9. The molecule has 0 aromatic carbocycles. The molecule has 0 spiro atoms. The third kappa shape index (κ3) is 4.67. The molecule has 6 nitrogen and oxygen atoms in total. The number of hydrogen-bond donors (Lipinski definition) is 2. The van der Waals surface area contributed by atoms with E-state index in [0.717, 1.165) is 38.5 Å². The van der Waals surface area contributed by atoms with E-state index in [2.05, 4.69) is 26.6 Å². The second-order valence-corrected chi connectivity index (χ2v) is 6.53. The first-order valence-corrected chi connectivity index (χ1v) is 8.32. The lowest BCUT2D eigenvalue weighted by molar-refractivity contribution is -0.122. The van der Waals surface area contributed by atoms with Gasteiger partial charge in [0, 0.05) is 25.8 Å². The van der Waals surface area contributed by atoms with E-state index in [-0.39, 0.29) is 5.91 Å². The first-order valence-electron chi connectivity index (χ1n) is 8.32. The molecule has 23 heavy (non-hydrogen) atoms. The number of nitrogens with one attached hydrogen (secondary N) is 2. The molecule has 1 atom stereocenters. The van der Waals surface area contributed by atoms with Gasteiger partial charge in [0.25, 0.3) is 0 Å². The van der Waals surface area contributed by atoms with Gasteiger partial charge in [-0.1, -0.05) is 0 Å². The quantitative estimate of drug-likeness (QED) is 0.791. The van der Waals surface area contributed by atoms with E-state index in [0.29, 0.717) is 23.8 Å². The molecule has 2 N–H and O–H groups in total. The molecule has 1 aromatic heterocycles. The Morgan fingerprint density at radius 3 is 3.00 bits per heavy atom. The molecule has 1 unspecified atom stereocenters. The summed E-state index contributed by atoms with van der Waals surface area (Å²) in [6.45, 7) is 3.99. The van der Waals surface area contributed by atoms with Gasteiger partial charge in [-0.15, -0.1) is 0 Å². The smallest absolute Gasteiger partial charge is 0.234 e. The number of amides is 1. The van der Waals surface area contributed by atoms with Gasteiger partial charge in [0.2, 0.25) is 5.91 Å². The SMILES string of the molecule is N#Cc1cccnc1NCC1CCN(CC(=O)NCC2CC2)C1. The number of nitriles is 1. The third-order valence-corrected chi connectivity index (χ3v) is 4.51. The lowest BCUT2D eigenvalue weighted by Crippen LogP contribution is -2.37. The second-order valence-electron chi connectivity index (χ2n) is 6.53. The van der Waals surface area contributed by atoms with Gasteiger partial charge >= 0.3 is 0 Å². The minimum atomic E-state index is 0.141. The van der Waals surface area contributed by atoms with Crippen LogP contribution in [-0.2, 0) is 4.79 Å². The molecule has 2 fully saturated rings. The van der Waals surface area contributed by atoms with Crippen molar-refractivity contribution in [2.45, 2.75) is 19.3 Å². The van der Waals surface area contributed by atoms with E-state index in [9.17, 15) is 4.79 Å². The molecule has 1 saturated carbocycles. The average Bonchev–Trinajstić information content (AvgIpc) is 3.30. The Balaban J connectivity index is 1.39. The van der Waals surface area contributed by atoms with Crippen molar-refractivity contribution >= 4 is 11.7 Å². The van der Waals surface area contributed by atoms with Gasteiger partial charge in [-0.2, -0.15) is 5.26 Å². The zero-order valence-corrected chi connectivity index (χ0v) is 13.3. The molecular formula is C17H23N5O. The summed E-state index contributed by atoms with van der Waals surface area (Å²) in [7, 11) is 0. The Kier molecular flexibility index (Phi) is 5.09. The summed E-state index contributed by atoms with van der Waals surface area (Å²) in [5, 5.41) is 15.3. The van der Waals surface area contributed by atoms with Crippen LogP contribution in [0.25, 0.3) is 0 Å². The molecule has 1 saturated heterocycles. The maximum atomic E-state index is 11.9. The molecular weight excluding hydrogens is 290 g/mol. The highest BCUT2D eigenvalue weighted by atomic mass is 16.2. The largest absolute Gasteiger partial charge is 0.369 e. The molecule has 122 valence electrons. The minimum absolute atomic E-state index is 0.141. The second kappa shape index (κ2) is 7.42. The van der Waals surface area contributed by atoms with Gasteiger partial charge in [0.15, 0.2) is 0 Å². The van der Waals surface area contributed by atoms with Crippen molar-refractivity contribution in [3.8, 4) is 6.07 Å². The van der Waals surface area contributed by atoms with Crippen LogP contribution in [0.2, 0.25) is 0 Å². The van der Waals surface area contributed by atoms with E-state index in [1.165, 1.54) is 12.8 Å². The van der Waals surface area contributed by atoms with E-state index < -0.39 is 0 Å². The van der Waals surface area contributed by atoms with Gasteiger partial charge in [0.1, 0.15) is 11.9 Å². The molecule has 6 heteroatoms. The van der Waals surface area contributed by atoms with E-state index >= 15 is 0 Å². The van der Waals surface area contributed by atoms with Crippen LogP contribution in [0.5, 0.6) is 0 Å². The van der Waals surface area contributed by atoms with Gasteiger partial charge in [-0.25, -0.2) is 4.98 Å². The summed E-state index contributed by atoms with van der Waals surface area (Å²) in [4.78, 5) is 18.3. The number of hydrogen-bond acceptors (Lipinski definition) is 5. The predicted molar refractivity (Wildman–Crippen MR) is 87.7 cm³/mol. The number of pyridine rings is 1. The van der Waals surface area contributed by atoms with Crippen molar-refractivity contribution in [2.75, 3.05) is 38.0 Å². The number of likely N-dealkylation sites (tertiary alicyclic amines) is 1. The molecule has 3 rings (SSSR count). The Hall–Kier alpha value is -2.13. The highest BCUT2D eigenvalue weighted by Gasteiger charge is 2.25. The molecule has 2 aliphatic rings. The van der Waals surface area contributed by atoms with E-state index in [4.69, 9.17) is 5.26 Å². The number of anilines is 1. The van der Waals surface area contributed by atoms with Gasteiger partial charge in [-0.3, -0.25) is 9.69 Å². The Morgan fingerprint density at radius 1 is 1.35 bits per heavy atom. The number of carbonyl (C=O) groups is 1. The van der Waals surface area contributed by atoms with Gasteiger partial charge < -0.3 is 10.6 Å². The molecule has 1 aliphatic heterocycles.